The van der Waals surface area contributed by atoms with Gasteiger partial charge in [-0.25, -0.2) is 12.2 Å². The number of allylic oxidation sites excluding steroid dienone is 8. The largest absolute Gasteiger partial charge is 1.00 e. The molecule has 0 aliphatic rings. The summed E-state index contributed by atoms with van der Waals surface area (Å²) in [5, 5.41) is 0. The van der Waals surface area contributed by atoms with Gasteiger partial charge in [0.2, 0.25) is 0 Å². The predicted molar refractivity (Wildman–Crippen MR) is 52.4 cm³/mol. The van der Waals surface area contributed by atoms with Crippen molar-refractivity contribution in [1.82, 2.24) is 0 Å². The zero-order valence-electron chi connectivity index (χ0n) is 8.18. The van der Waals surface area contributed by atoms with Gasteiger partial charge in [-0.2, -0.15) is 0 Å². The molecule has 0 radical (unpaired) electrons. The van der Waals surface area contributed by atoms with Crippen LogP contribution in [0.25, 0.3) is 0 Å². The summed E-state index contributed by atoms with van der Waals surface area (Å²) in [6.07, 6.45) is 16.1. The Labute approximate surface area is 92.4 Å². The smallest absolute Gasteiger partial charge is 0.504 e. The van der Waals surface area contributed by atoms with Crippen LogP contribution < -0.4 is 18.9 Å². The van der Waals surface area contributed by atoms with Gasteiger partial charge in [0, 0.05) is 0 Å². The van der Waals surface area contributed by atoms with Crippen molar-refractivity contribution in [1.29, 1.82) is 0 Å². The normalized spacial score (nSPS) is 11.5. The maximum atomic E-state index is 5.12. The molecule has 0 atom stereocenters. The minimum absolute atomic E-state index is 0. The van der Waals surface area contributed by atoms with Crippen molar-refractivity contribution in [2.45, 2.75) is 0 Å². The molecule has 0 amide bonds. The minimum Gasteiger partial charge on any atom is -0.504 e. The van der Waals surface area contributed by atoms with E-state index >= 15 is 0 Å². The molecule has 64 valence electrons. The second-order valence-electron chi connectivity index (χ2n) is 1.91. The second-order valence-corrected chi connectivity index (χ2v) is 1.91. The first kappa shape index (κ1) is 14.6. The van der Waals surface area contributed by atoms with Crippen LogP contribution in [0, 0.1) is 6.58 Å². The van der Waals surface area contributed by atoms with E-state index < -0.39 is 0 Å². The van der Waals surface area contributed by atoms with E-state index in [4.69, 9.17) is 11.3 Å². The third-order valence-corrected chi connectivity index (χ3v) is 0.992. The van der Waals surface area contributed by atoms with Crippen LogP contribution in [0.4, 0.5) is 0 Å². The van der Waals surface area contributed by atoms with Crippen molar-refractivity contribution in [2.75, 3.05) is 7.11 Å². The second kappa shape index (κ2) is 13.7. The van der Waals surface area contributed by atoms with Crippen LogP contribution in [0.15, 0.2) is 54.9 Å². The van der Waals surface area contributed by atoms with Gasteiger partial charge >= 0.3 is 18.9 Å². The molecule has 0 saturated carbocycles. The first-order chi connectivity index (χ1) is 5.91. The SMILES string of the molecule is [CH-]=C/C=C/C=C/C=C/C=C/OC.[Li+]. The number of hydrogen-bond acceptors (Lipinski definition) is 1. The fraction of sp³-hybridized carbons (Fsp3) is 0.0909. The molecule has 0 aliphatic carbocycles. The molecule has 0 unspecified atom stereocenters. The van der Waals surface area contributed by atoms with E-state index in [-0.39, 0.29) is 18.9 Å². The van der Waals surface area contributed by atoms with Gasteiger partial charge in [-0.3, -0.25) is 6.58 Å². The summed E-state index contributed by atoms with van der Waals surface area (Å²) in [4.78, 5) is 0. The summed E-state index contributed by atoms with van der Waals surface area (Å²) in [6, 6.07) is 0. The standard InChI is InChI=1S/C11H13O.Li/c1-3-4-5-6-7-8-9-10-11-12-2;/h1,3-11H,2H3;/q-1;+1/b5-4+,7-6+,9-8+,11-10+;. The fourth-order valence-corrected chi connectivity index (χ4v) is 0.509. The van der Waals surface area contributed by atoms with Crippen molar-refractivity contribution in [3.8, 4) is 0 Å². The molecule has 1 nitrogen and oxygen atoms in total. The van der Waals surface area contributed by atoms with Gasteiger partial charge in [0.25, 0.3) is 0 Å². The summed E-state index contributed by atoms with van der Waals surface area (Å²) in [6.45, 7) is 5.12. The van der Waals surface area contributed by atoms with Gasteiger partial charge in [-0.05, 0) is 6.08 Å². The Morgan fingerprint density at radius 3 is 1.77 bits per heavy atom. The van der Waals surface area contributed by atoms with E-state index in [1.165, 1.54) is 6.08 Å². The fourth-order valence-electron chi connectivity index (χ4n) is 0.509. The maximum absolute atomic E-state index is 5.12. The minimum atomic E-state index is 0. The predicted octanol–water partition coefficient (Wildman–Crippen LogP) is -0.192. The molecule has 2 heteroatoms. The Morgan fingerprint density at radius 2 is 1.31 bits per heavy atom. The van der Waals surface area contributed by atoms with E-state index in [2.05, 4.69) is 0 Å². The average molecular weight is 168 g/mol. The van der Waals surface area contributed by atoms with Gasteiger partial charge in [0.05, 0.1) is 13.4 Å². The van der Waals surface area contributed by atoms with E-state index in [1.807, 2.05) is 36.5 Å². The Kier molecular flexibility index (Phi) is 15.4. The Hall–Kier alpha value is -0.903. The van der Waals surface area contributed by atoms with Gasteiger partial charge in [-0.1, -0.05) is 24.3 Å². The van der Waals surface area contributed by atoms with Crippen molar-refractivity contribution in [3.63, 3.8) is 0 Å². The summed E-state index contributed by atoms with van der Waals surface area (Å²) in [5.74, 6) is 0. The molecule has 0 bridgehead atoms. The van der Waals surface area contributed by atoms with Crippen LogP contribution >= 0.6 is 0 Å². The average Bonchev–Trinajstić information content (AvgIpc) is 2.10. The summed E-state index contributed by atoms with van der Waals surface area (Å²) in [7, 11) is 1.61. The molecule has 0 rings (SSSR count). The molecule has 0 heterocycles. The van der Waals surface area contributed by atoms with Crippen molar-refractivity contribution < 1.29 is 23.6 Å². The van der Waals surface area contributed by atoms with Crippen LogP contribution in [-0.4, -0.2) is 7.11 Å². The van der Waals surface area contributed by atoms with E-state index in [9.17, 15) is 0 Å². The molecule has 13 heavy (non-hydrogen) atoms. The monoisotopic (exact) mass is 168 g/mol. The van der Waals surface area contributed by atoms with Gasteiger partial charge in [0.15, 0.2) is 0 Å². The van der Waals surface area contributed by atoms with E-state index in [1.54, 1.807) is 19.4 Å². The third kappa shape index (κ3) is 14.0. The maximum Gasteiger partial charge on any atom is 1.00 e. The third-order valence-electron chi connectivity index (χ3n) is 0.992. The van der Waals surface area contributed by atoms with E-state index in [0.29, 0.717) is 0 Å². The van der Waals surface area contributed by atoms with Gasteiger partial charge in [-0.15, -0.1) is 6.08 Å². The molecule has 0 aromatic heterocycles. The topological polar surface area (TPSA) is 9.23 Å². The van der Waals surface area contributed by atoms with Crippen molar-refractivity contribution >= 4 is 0 Å². The quantitative estimate of drug-likeness (QED) is 0.239. The molecule has 0 N–H and O–H groups in total. The van der Waals surface area contributed by atoms with Gasteiger partial charge < -0.3 is 4.74 Å². The number of ether oxygens (including phenoxy) is 1. The number of hydrogen-bond donors (Lipinski definition) is 0. The van der Waals surface area contributed by atoms with Crippen LogP contribution in [0.3, 0.4) is 0 Å². The van der Waals surface area contributed by atoms with Crippen LogP contribution in [-0.2, 0) is 4.74 Å². The van der Waals surface area contributed by atoms with E-state index in [0.717, 1.165) is 0 Å². The molecule has 0 aromatic carbocycles. The van der Waals surface area contributed by atoms with Crippen LogP contribution in [0.2, 0.25) is 0 Å². The number of methoxy groups -OCH3 is 1. The van der Waals surface area contributed by atoms with Crippen LogP contribution in [0.1, 0.15) is 0 Å². The summed E-state index contributed by atoms with van der Waals surface area (Å²) < 4.78 is 4.70. The molecule has 0 spiro atoms. The summed E-state index contributed by atoms with van der Waals surface area (Å²) >= 11 is 0. The summed E-state index contributed by atoms with van der Waals surface area (Å²) in [5.41, 5.74) is 0. The molecular formula is C11H13LiO. The van der Waals surface area contributed by atoms with Gasteiger partial charge in [0.1, 0.15) is 0 Å². The zero-order valence-corrected chi connectivity index (χ0v) is 8.18. The molecule has 0 fully saturated rings. The van der Waals surface area contributed by atoms with Crippen LogP contribution in [0.5, 0.6) is 0 Å². The Balaban J connectivity index is 0. The Bertz CT molecular complexity index is 212. The molecule has 0 aliphatic heterocycles. The zero-order chi connectivity index (χ0) is 9.07. The van der Waals surface area contributed by atoms with Crippen molar-refractivity contribution in [2.24, 2.45) is 0 Å². The first-order valence-corrected chi connectivity index (χ1v) is 3.64. The molecule has 0 saturated heterocycles. The molecule has 0 aromatic rings. The Morgan fingerprint density at radius 1 is 0.846 bits per heavy atom. The first-order valence-electron chi connectivity index (χ1n) is 3.64. The number of rotatable bonds is 5. The molecular weight excluding hydrogens is 155 g/mol. The van der Waals surface area contributed by atoms with Crippen molar-refractivity contribution in [3.05, 3.63) is 61.4 Å².